The Morgan fingerprint density at radius 3 is 2.25 bits per heavy atom. The smallest absolute Gasteiger partial charge is 0.269 e. The molecule has 150 valence electrons. The molecule has 0 spiro atoms. The summed E-state index contributed by atoms with van der Waals surface area (Å²) < 4.78 is 10.9. The number of ether oxygens (including phenoxy) is 2. The van der Waals surface area contributed by atoms with E-state index in [1.165, 1.54) is 18.9 Å². The molecule has 2 aromatic carbocycles. The molecule has 7 heteroatoms. The fraction of sp³-hybridized carbons (Fsp3) is 0.333. The molecule has 2 amide bonds. The van der Waals surface area contributed by atoms with Crippen molar-refractivity contribution in [2.24, 2.45) is 0 Å². The molecule has 1 atom stereocenters. The quantitative estimate of drug-likeness (QED) is 0.545. The molecule has 0 saturated carbocycles. The van der Waals surface area contributed by atoms with E-state index in [4.69, 9.17) is 9.47 Å². The Morgan fingerprint density at radius 1 is 0.964 bits per heavy atom. The van der Waals surface area contributed by atoms with Gasteiger partial charge in [0.1, 0.15) is 0 Å². The van der Waals surface area contributed by atoms with E-state index in [2.05, 4.69) is 10.9 Å². The van der Waals surface area contributed by atoms with Crippen molar-refractivity contribution >= 4 is 23.6 Å². The van der Waals surface area contributed by atoms with E-state index in [9.17, 15) is 9.59 Å². The minimum atomic E-state index is -0.435. The zero-order valence-corrected chi connectivity index (χ0v) is 17.6. The van der Waals surface area contributed by atoms with Gasteiger partial charge >= 0.3 is 0 Å². The van der Waals surface area contributed by atoms with Gasteiger partial charge in [-0.3, -0.25) is 20.4 Å². The lowest BCUT2D eigenvalue weighted by Gasteiger charge is -2.15. The standard InChI is InChI=1S/C21H26N2O4S/c1-13(2)27-18-11-8-16(12-19(18)26-5)21(25)23-22-20(24)15(4)28-17-9-6-14(3)7-10-17/h6-13,15H,1-5H3,(H,22,24)(H,23,25)/t15-/m1/s1. The summed E-state index contributed by atoms with van der Waals surface area (Å²) in [6.07, 6.45) is -0.0135. The predicted molar refractivity (Wildman–Crippen MR) is 111 cm³/mol. The van der Waals surface area contributed by atoms with E-state index in [1.54, 1.807) is 25.1 Å². The van der Waals surface area contributed by atoms with Crippen LogP contribution < -0.4 is 20.3 Å². The van der Waals surface area contributed by atoms with Gasteiger partial charge in [0.15, 0.2) is 11.5 Å². The third kappa shape index (κ3) is 6.20. The number of carbonyl (C=O) groups is 2. The largest absolute Gasteiger partial charge is 0.493 e. The number of hydrogen-bond donors (Lipinski definition) is 2. The first-order valence-corrected chi connectivity index (χ1v) is 9.86. The summed E-state index contributed by atoms with van der Waals surface area (Å²) in [5, 5.41) is -0.362. The predicted octanol–water partition coefficient (Wildman–Crippen LogP) is 3.73. The van der Waals surface area contributed by atoms with Crippen LogP contribution in [0.1, 0.15) is 36.7 Å². The van der Waals surface area contributed by atoms with Gasteiger partial charge in [0.05, 0.1) is 18.5 Å². The number of hydrogen-bond acceptors (Lipinski definition) is 5. The molecule has 0 aliphatic rings. The highest BCUT2D eigenvalue weighted by atomic mass is 32.2. The minimum absolute atomic E-state index is 0.0135. The first-order chi connectivity index (χ1) is 13.3. The summed E-state index contributed by atoms with van der Waals surface area (Å²) in [5.74, 6) is 0.290. The monoisotopic (exact) mass is 402 g/mol. The van der Waals surface area contributed by atoms with Gasteiger partial charge in [-0.1, -0.05) is 17.7 Å². The zero-order valence-electron chi connectivity index (χ0n) is 16.7. The summed E-state index contributed by atoms with van der Waals surface area (Å²) in [4.78, 5) is 25.6. The molecule has 2 aromatic rings. The van der Waals surface area contributed by atoms with Crippen LogP contribution in [0.2, 0.25) is 0 Å². The van der Waals surface area contributed by atoms with E-state index >= 15 is 0 Å². The van der Waals surface area contributed by atoms with Crippen LogP contribution in [0.3, 0.4) is 0 Å². The second-order valence-electron chi connectivity index (χ2n) is 6.55. The van der Waals surface area contributed by atoms with Gasteiger partial charge in [-0.25, -0.2) is 0 Å². The molecular weight excluding hydrogens is 376 g/mol. The van der Waals surface area contributed by atoms with E-state index in [1.807, 2.05) is 45.0 Å². The van der Waals surface area contributed by atoms with Gasteiger partial charge in [-0.15, -0.1) is 11.8 Å². The highest BCUT2D eigenvalue weighted by Crippen LogP contribution is 2.29. The third-order valence-corrected chi connectivity index (χ3v) is 4.90. The highest BCUT2D eigenvalue weighted by Gasteiger charge is 2.17. The van der Waals surface area contributed by atoms with Crippen LogP contribution in [0.25, 0.3) is 0 Å². The van der Waals surface area contributed by atoms with Crippen LogP contribution >= 0.6 is 11.8 Å². The summed E-state index contributed by atoms with van der Waals surface area (Å²) in [7, 11) is 1.51. The number of nitrogens with one attached hydrogen (secondary N) is 2. The number of thioether (sulfide) groups is 1. The van der Waals surface area contributed by atoms with Crippen molar-refractivity contribution in [3.63, 3.8) is 0 Å². The van der Waals surface area contributed by atoms with Crippen molar-refractivity contribution < 1.29 is 19.1 Å². The molecule has 0 aromatic heterocycles. The van der Waals surface area contributed by atoms with Gasteiger partial charge in [0, 0.05) is 10.5 Å². The maximum atomic E-state index is 12.3. The average Bonchev–Trinajstić information content (AvgIpc) is 2.67. The van der Waals surface area contributed by atoms with E-state index < -0.39 is 5.91 Å². The molecule has 0 radical (unpaired) electrons. The van der Waals surface area contributed by atoms with E-state index in [-0.39, 0.29) is 17.3 Å². The van der Waals surface area contributed by atoms with Crippen LogP contribution in [0.5, 0.6) is 11.5 Å². The Labute approximate surface area is 170 Å². The fourth-order valence-corrected chi connectivity index (χ4v) is 3.19. The van der Waals surface area contributed by atoms with Crippen molar-refractivity contribution in [3.8, 4) is 11.5 Å². The van der Waals surface area contributed by atoms with Gasteiger partial charge in [-0.2, -0.15) is 0 Å². The Morgan fingerprint density at radius 2 is 1.64 bits per heavy atom. The molecule has 0 heterocycles. The maximum Gasteiger partial charge on any atom is 0.269 e. The zero-order chi connectivity index (χ0) is 20.7. The minimum Gasteiger partial charge on any atom is -0.493 e. The average molecular weight is 403 g/mol. The second-order valence-corrected chi connectivity index (χ2v) is 7.96. The Hall–Kier alpha value is -2.67. The van der Waals surface area contributed by atoms with E-state index in [0.29, 0.717) is 17.1 Å². The van der Waals surface area contributed by atoms with Crippen molar-refractivity contribution in [2.75, 3.05) is 7.11 Å². The van der Waals surface area contributed by atoms with Gasteiger partial charge in [0.2, 0.25) is 0 Å². The highest BCUT2D eigenvalue weighted by molar-refractivity contribution is 8.00. The Kier molecular flexibility index (Phi) is 7.75. The molecule has 0 unspecified atom stereocenters. The van der Waals surface area contributed by atoms with Gasteiger partial charge in [0.25, 0.3) is 11.8 Å². The van der Waals surface area contributed by atoms with Gasteiger partial charge < -0.3 is 9.47 Å². The summed E-state index contributed by atoms with van der Waals surface area (Å²) >= 11 is 1.42. The molecule has 2 N–H and O–H groups in total. The van der Waals surface area contributed by atoms with Crippen LogP contribution in [0.15, 0.2) is 47.4 Å². The van der Waals surface area contributed by atoms with Crippen LogP contribution in [0, 0.1) is 6.92 Å². The van der Waals surface area contributed by atoms with Gasteiger partial charge in [-0.05, 0) is 58.0 Å². The molecule has 2 rings (SSSR count). The molecule has 6 nitrogen and oxygen atoms in total. The number of rotatable bonds is 7. The fourth-order valence-electron chi connectivity index (χ4n) is 2.33. The Bertz CT molecular complexity index is 822. The van der Waals surface area contributed by atoms with Crippen molar-refractivity contribution in [2.45, 2.75) is 43.9 Å². The van der Waals surface area contributed by atoms with Crippen molar-refractivity contribution in [1.29, 1.82) is 0 Å². The molecule has 0 aliphatic heterocycles. The lowest BCUT2D eigenvalue weighted by atomic mass is 10.2. The summed E-state index contributed by atoms with van der Waals surface area (Å²) in [6, 6.07) is 12.8. The summed E-state index contributed by atoms with van der Waals surface area (Å²) in [5.41, 5.74) is 6.42. The number of aryl methyl sites for hydroxylation is 1. The second kappa shape index (κ2) is 10.0. The topological polar surface area (TPSA) is 76.7 Å². The number of carbonyl (C=O) groups excluding carboxylic acids is 2. The summed E-state index contributed by atoms with van der Waals surface area (Å²) in [6.45, 7) is 7.61. The molecule has 0 saturated heterocycles. The first kappa shape index (κ1) is 21.6. The first-order valence-electron chi connectivity index (χ1n) is 8.98. The lowest BCUT2D eigenvalue weighted by Crippen LogP contribution is -2.44. The number of benzene rings is 2. The SMILES string of the molecule is COc1cc(C(=O)NNC(=O)[C@@H](C)Sc2ccc(C)cc2)ccc1OC(C)C. The molecule has 0 aliphatic carbocycles. The molecular formula is C21H26N2O4S. The Balaban J connectivity index is 1.93. The van der Waals surface area contributed by atoms with Crippen LogP contribution in [-0.2, 0) is 4.79 Å². The molecule has 0 bridgehead atoms. The number of methoxy groups -OCH3 is 1. The van der Waals surface area contributed by atoms with E-state index in [0.717, 1.165) is 10.5 Å². The normalized spacial score (nSPS) is 11.6. The van der Waals surface area contributed by atoms with Crippen molar-refractivity contribution in [1.82, 2.24) is 10.9 Å². The molecule has 0 fully saturated rings. The maximum absolute atomic E-state index is 12.3. The van der Waals surface area contributed by atoms with Crippen LogP contribution in [0.4, 0.5) is 0 Å². The third-order valence-electron chi connectivity index (χ3n) is 3.79. The number of amides is 2. The van der Waals surface area contributed by atoms with Crippen molar-refractivity contribution in [3.05, 3.63) is 53.6 Å². The lowest BCUT2D eigenvalue weighted by molar-refractivity contribution is -0.121. The van der Waals surface area contributed by atoms with Crippen LogP contribution in [-0.4, -0.2) is 30.3 Å². The number of hydrazine groups is 1. The molecule has 28 heavy (non-hydrogen) atoms.